The Labute approximate surface area is 288 Å². The highest BCUT2D eigenvalue weighted by Crippen LogP contribution is 2.47. The second-order valence-electron chi connectivity index (χ2n) is 12.7. The first-order valence-corrected chi connectivity index (χ1v) is 16.6. The SMILES string of the molecule is COC1CN(C2CCOC(C)C2O)CCO1.COc1cccc2c1C(=O)c1c(O)c3c(c(O)c1C2=O)CC(C(=O)NCc1cnc(N)o1)CC3. The summed E-state index contributed by atoms with van der Waals surface area (Å²) in [5, 5.41) is 34.9. The van der Waals surface area contributed by atoms with Gasteiger partial charge < -0.3 is 49.7 Å². The second kappa shape index (κ2) is 14.7. The number of nitrogen functional groups attached to an aromatic ring is 1. The molecule has 2 fully saturated rings. The van der Waals surface area contributed by atoms with Gasteiger partial charge in [-0.05, 0) is 38.7 Å². The largest absolute Gasteiger partial charge is 0.507 e. The smallest absolute Gasteiger partial charge is 0.292 e. The van der Waals surface area contributed by atoms with E-state index in [2.05, 4.69) is 15.2 Å². The molecule has 4 aliphatic rings. The molecule has 15 nitrogen and oxygen atoms in total. The lowest BCUT2D eigenvalue weighted by Crippen LogP contribution is -2.57. The minimum Gasteiger partial charge on any atom is -0.507 e. The molecule has 5 unspecified atom stereocenters. The number of phenolic OH excluding ortho intramolecular Hbond substituents is 2. The summed E-state index contributed by atoms with van der Waals surface area (Å²) < 4.78 is 26.4. The number of morpholine rings is 1. The number of fused-ring (bicyclic) bond motifs is 3. The van der Waals surface area contributed by atoms with Gasteiger partial charge in [-0.15, -0.1) is 0 Å². The number of amides is 1. The predicted molar refractivity (Wildman–Crippen MR) is 176 cm³/mol. The number of oxazole rings is 1. The molecule has 268 valence electrons. The first-order valence-electron chi connectivity index (χ1n) is 16.6. The molecule has 2 saturated heterocycles. The van der Waals surface area contributed by atoms with Crippen molar-refractivity contribution in [3.05, 3.63) is 63.5 Å². The van der Waals surface area contributed by atoms with Crippen LogP contribution in [0.25, 0.3) is 0 Å². The topological polar surface area (TPSA) is 216 Å². The standard InChI is InChI=1S/C24H21N3O7.C11H21NO4/c1-33-15-4-2-3-13-16(15)22(31)18-17(20(13)29)21(30)14-7-10(5-6-12(14)19(18)28)23(32)26-8-11-9-27-24(25)34-11;1-8-11(13)9(3-5-15-8)12-4-6-16-10(7-12)14-2/h2-4,9-10,28,30H,5-8H2,1H3,(H2,25,27)(H,26,32);8-11,13H,3-7H2,1-2H3. The van der Waals surface area contributed by atoms with Crippen molar-refractivity contribution in [1.82, 2.24) is 15.2 Å². The number of hydrogen-bond donors (Lipinski definition) is 5. The number of rotatable bonds is 6. The summed E-state index contributed by atoms with van der Waals surface area (Å²) in [7, 11) is 3.03. The van der Waals surface area contributed by atoms with Crippen LogP contribution in [0.1, 0.15) is 68.5 Å². The third-order valence-corrected chi connectivity index (χ3v) is 9.87. The highest BCUT2D eigenvalue weighted by atomic mass is 16.7. The highest BCUT2D eigenvalue weighted by Gasteiger charge is 2.41. The summed E-state index contributed by atoms with van der Waals surface area (Å²) in [6.45, 7) is 4.98. The number of phenols is 2. The first kappa shape index (κ1) is 35.3. The molecule has 0 radical (unpaired) electrons. The highest BCUT2D eigenvalue weighted by molar-refractivity contribution is 6.31. The van der Waals surface area contributed by atoms with Crippen molar-refractivity contribution in [2.45, 2.75) is 63.7 Å². The zero-order valence-corrected chi connectivity index (χ0v) is 28.1. The molecular weight excluding hydrogens is 652 g/mol. The zero-order valence-electron chi connectivity index (χ0n) is 28.1. The molecule has 0 saturated carbocycles. The van der Waals surface area contributed by atoms with Gasteiger partial charge in [0.1, 0.15) is 23.0 Å². The number of nitrogens with one attached hydrogen (secondary N) is 1. The third-order valence-electron chi connectivity index (χ3n) is 9.87. The molecule has 1 amide bonds. The van der Waals surface area contributed by atoms with E-state index in [0.717, 1.165) is 26.1 Å². The summed E-state index contributed by atoms with van der Waals surface area (Å²) in [6, 6.07) is 4.78. The molecule has 3 heterocycles. The van der Waals surface area contributed by atoms with E-state index >= 15 is 0 Å². The Morgan fingerprint density at radius 3 is 2.54 bits per heavy atom. The van der Waals surface area contributed by atoms with Crippen molar-refractivity contribution in [2.75, 3.05) is 46.3 Å². The van der Waals surface area contributed by atoms with E-state index in [-0.39, 0.29) is 89.2 Å². The Morgan fingerprint density at radius 2 is 1.82 bits per heavy atom. The number of hydrogen-bond acceptors (Lipinski definition) is 14. The lowest BCUT2D eigenvalue weighted by Gasteiger charge is -2.43. The number of aromatic hydroxyl groups is 2. The van der Waals surface area contributed by atoms with Gasteiger partial charge in [0.25, 0.3) is 6.01 Å². The average Bonchev–Trinajstić information content (AvgIpc) is 3.56. The number of carbonyl (C=O) groups excluding carboxylic acids is 3. The molecule has 7 rings (SSSR count). The van der Waals surface area contributed by atoms with Crippen molar-refractivity contribution < 1.29 is 53.1 Å². The Balaban J connectivity index is 0.000000226. The van der Waals surface area contributed by atoms with Crippen LogP contribution in [0, 0.1) is 5.92 Å². The van der Waals surface area contributed by atoms with Crippen LogP contribution in [0.3, 0.4) is 0 Å². The molecule has 6 N–H and O–H groups in total. The van der Waals surface area contributed by atoms with Crippen molar-refractivity contribution in [3.63, 3.8) is 0 Å². The summed E-state index contributed by atoms with van der Waals surface area (Å²) in [4.78, 5) is 45.3. The number of anilines is 1. The van der Waals surface area contributed by atoms with E-state index < -0.39 is 23.6 Å². The Bertz CT molecular complexity index is 1780. The van der Waals surface area contributed by atoms with Gasteiger partial charge >= 0.3 is 0 Å². The molecule has 0 spiro atoms. The molecule has 5 atom stereocenters. The number of carbonyl (C=O) groups is 3. The quantitative estimate of drug-likeness (QED) is 0.182. The molecule has 3 aromatic rings. The van der Waals surface area contributed by atoms with Crippen molar-refractivity contribution in [2.24, 2.45) is 5.92 Å². The Hall–Kier alpha value is -4.54. The van der Waals surface area contributed by atoms with Crippen molar-refractivity contribution >= 4 is 23.5 Å². The Kier molecular flexibility index (Phi) is 10.4. The number of aromatic nitrogens is 1. The van der Waals surface area contributed by atoms with E-state index in [0.29, 0.717) is 29.9 Å². The van der Waals surface area contributed by atoms with Crippen LogP contribution in [0.5, 0.6) is 17.2 Å². The van der Waals surface area contributed by atoms with Gasteiger partial charge in [-0.25, -0.2) is 4.98 Å². The van der Waals surface area contributed by atoms with E-state index in [1.165, 1.54) is 19.4 Å². The minimum atomic E-state index is -0.594. The zero-order chi connectivity index (χ0) is 35.7. The number of ketones is 2. The van der Waals surface area contributed by atoms with Crippen LogP contribution in [0.2, 0.25) is 0 Å². The fraction of sp³-hybridized carbons (Fsp3) is 0.486. The van der Waals surface area contributed by atoms with Crippen LogP contribution < -0.4 is 15.8 Å². The molecule has 0 bridgehead atoms. The normalized spacial score (nSPS) is 24.7. The number of ether oxygens (including phenoxy) is 4. The fourth-order valence-corrected chi connectivity index (χ4v) is 7.19. The fourth-order valence-electron chi connectivity index (χ4n) is 7.19. The van der Waals surface area contributed by atoms with E-state index in [1.807, 2.05) is 6.92 Å². The number of nitrogens with zero attached hydrogens (tertiary/aromatic N) is 2. The van der Waals surface area contributed by atoms with Gasteiger partial charge in [0.15, 0.2) is 12.1 Å². The summed E-state index contributed by atoms with van der Waals surface area (Å²) in [5.41, 5.74) is 5.75. The van der Waals surface area contributed by atoms with Crippen molar-refractivity contribution in [1.29, 1.82) is 0 Å². The maximum atomic E-state index is 13.3. The molecular formula is C35H42N4O11. The van der Waals surface area contributed by atoms with Crippen LogP contribution in [0.15, 0.2) is 28.8 Å². The number of aliphatic hydroxyl groups is 1. The van der Waals surface area contributed by atoms with Gasteiger partial charge in [0.05, 0.1) is 55.4 Å². The van der Waals surface area contributed by atoms with E-state index in [9.17, 15) is 29.7 Å². The molecule has 2 aliphatic carbocycles. The summed E-state index contributed by atoms with van der Waals surface area (Å²) in [6.07, 6.45) is 2.35. The first-order chi connectivity index (χ1) is 24.0. The Morgan fingerprint density at radius 1 is 1.06 bits per heavy atom. The monoisotopic (exact) mass is 694 g/mol. The van der Waals surface area contributed by atoms with Crippen molar-refractivity contribution in [3.8, 4) is 17.2 Å². The molecule has 2 aromatic carbocycles. The van der Waals surface area contributed by atoms with Gasteiger partial charge in [-0.1, -0.05) is 12.1 Å². The number of aliphatic hydroxyl groups excluding tert-OH is 1. The van der Waals surface area contributed by atoms with Gasteiger partial charge in [0.2, 0.25) is 11.7 Å². The number of methoxy groups -OCH3 is 2. The minimum absolute atomic E-state index is 0.000535. The summed E-state index contributed by atoms with van der Waals surface area (Å²) in [5.74, 6) is -2.09. The predicted octanol–water partition coefficient (Wildman–Crippen LogP) is 1.70. The van der Waals surface area contributed by atoms with Crippen LogP contribution in [-0.2, 0) is 38.4 Å². The second-order valence-corrected chi connectivity index (χ2v) is 12.7. The van der Waals surface area contributed by atoms with Crippen LogP contribution >= 0.6 is 0 Å². The lowest BCUT2D eigenvalue weighted by molar-refractivity contribution is -0.190. The maximum absolute atomic E-state index is 13.3. The van der Waals surface area contributed by atoms with Gasteiger partial charge in [-0.3, -0.25) is 19.3 Å². The molecule has 15 heteroatoms. The van der Waals surface area contributed by atoms with E-state index in [1.54, 1.807) is 19.2 Å². The maximum Gasteiger partial charge on any atom is 0.292 e. The average molecular weight is 695 g/mol. The van der Waals surface area contributed by atoms with Crippen LogP contribution in [-0.4, -0.2) is 108 Å². The third kappa shape index (κ3) is 6.66. The van der Waals surface area contributed by atoms with Gasteiger partial charge in [0, 0.05) is 55.5 Å². The van der Waals surface area contributed by atoms with Gasteiger partial charge in [-0.2, -0.15) is 0 Å². The molecule has 1 aromatic heterocycles. The summed E-state index contributed by atoms with van der Waals surface area (Å²) >= 11 is 0. The number of benzene rings is 2. The van der Waals surface area contributed by atoms with Crippen LogP contribution in [0.4, 0.5) is 6.01 Å². The van der Waals surface area contributed by atoms with E-state index in [4.69, 9.17) is 29.1 Å². The molecule has 2 aliphatic heterocycles. The molecule has 50 heavy (non-hydrogen) atoms. The number of nitrogens with two attached hydrogens (primary N) is 1. The lowest BCUT2D eigenvalue weighted by atomic mass is 9.75.